The van der Waals surface area contributed by atoms with E-state index < -0.39 is 17.9 Å². The second kappa shape index (κ2) is 9.65. The molecule has 0 heterocycles. The van der Waals surface area contributed by atoms with Gasteiger partial charge >= 0.3 is 5.97 Å². The number of likely N-dealkylation sites (N-methyl/N-ethyl adjacent to an activating group) is 1. The van der Waals surface area contributed by atoms with Gasteiger partial charge in [-0.3, -0.25) is 9.59 Å². The molecule has 1 N–H and O–H groups in total. The zero-order valence-corrected chi connectivity index (χ0v) is 16.0. The molecular formula is C18H26N2O6. The third-order valence-corrected chi connectivity index (χ3v) is 3.66. The van der Waals surface area contributed by atoms with Gasteiger partial charge in [-0.25, -0.2) is 4.79 Å². The normalized spacial score (nSPS) is 11.5. The van der Waals surface area contributed by atoms with Gasteiger partial charge in [0.15, 0.2) is 6.61 Å². The molecule has 0 fully saturated rings. The lowest BCUT2D eigenvalue weighted by molar-refractivity contribution is -0.153. The fourth-order valence-corrected chi connectivity index (χ4v) is 2.01. The second-order valence-electron chi connectivity index (χ2n) is 6.19. The van der Waals surface area contributed by atoms with E-state index in [1.165, 1.54) is 31.3 Å². The molecule has 0 aromatic heterocycles. The molecule has 0 saturated heterocycles. The molecule has 26 heavy (non-hydrogen) atoms. The standard InChI is InChI=1S/C18H26N2O6/c1-11(2)16(18(23)26-10-15(21)20(3)4)19-17(22)12-7-13(24-5)9-14(8-12)25-6/h7-9,11,16H,10H2,1-6H3,(H,19,22)/t16-/m0/s1. The lowest BCUT2D eigenvalue weighted by Gasteiger charge is -2.21. The molecular weight excluding hydrogens is 340 g/mol. The minimum atomic E-state index is -0.894. The van der Waals surface area contributed by atoms with Crippen LogP contribution in [0.1, 0.15) is 24.2 Å². The molecule has 1 aromatic rings. The van der Waals surface area contributed by atoms with E-state index in [2.05, 4.69) is 5.32 Å². The van der Waals surface area contributed by atoms with E-state index in [9.17, 15) is 14.4 Å². The van der Waals surface area contributed by atoms with E-state index >= 15 is 0 Å². The summed E-state index contributed by atoms with van der Waals surface area (Å²) in [6, 6.07) is 3.82. The number of methoxy groups -OCH3 is 2. The van der Waals surface area contributed by atoms with Gasteiger partial charge in [-0.1, -0.05) is 13.8 Å². The van der Waals surface area contributed by atoms with Crippen LogP contribution in [0.5, 0.6) is 11.5 Å². The van der Waals surface area contributed by atoms with Crippen LogP contribution in [0, 0.1) is 5.92 Å². The van der Waals surface area contributed by atoms with Crippen molar-refractivity contribution in [2.45, 2.75) is 19.9 Å². The first-order valence-electron chi connectivity index (χ1n) is 8.10. The zero-order valence-electron chi connectivity index (χ0n) is 16.0. The van der Waals surface area contributed by atoms with Crippen LogP contribution >= 0.6 is 0 Å². The Balaban J connectivity index is 2.88. The van der Waals surface area contributed by atoms with Crippen LogP contribution in [-0.2, 0) is 14.3 Å². The summed E-state index contributed by atoms with van der Waals surface area (Å²) in [5.41, 5.74) is 0.281. The molecule has 1 rings (SSSR count). The summed E-state index contributed by atoms with van der Waals surface area (Å²) in [7, 11) is 6.08. The van der Waals surface area contributed by atoms with Crippen molar-refractivity contribution in [3.8, 4) is 11.5 Å². The summed E-state index contributed by atoms with van der Waals surface area (Å²) in [6.07, 6.45) is 0. The summed E-state index contributed by atoms with van der Waals surface area (Å²) in [5, 5.41) is 2.64. The molecule has 0 saturated carbocycles. The summed E-state index contributed by atoms with van der Waals surface area (Å²) < 4.78 is 15.3. The van der Waals surface area contributed by atoms with Crippen molar-refractivity contribution in [3.63, 3.8) is 0 Å². The molecule has 0 radical (unpaired) electrons. The average Bonchev–Trinajstić information content (AvgIpc) is 2.62. The van der Waals surface area contributed by atoms with Crippen molar-refractivity contribution in [1.29, 1.82) is 0 Å². The number of nitrogens with one attached hydrogen (secondary N) is 1. The van der Waals surface area contributed by atoms with Crippen LogP contribution < -0.4 is 14.8 Å². The average molecular weight is 366 g/mol. The van der Waals surface area contributed by atoms with E-state index in [0.717, 1.165) is 0 Å². The lowest BCUT2D eigenvalue weighted by Crippen LogP contribution is -2.46. The number of amides is 2. The number of nitrogens with zero attached hydrogens (tertiary/aromatic N) is 1. The number of esters is 1. The van der Waals surface area contributed by atoms with E-state index in [1.54, 1.807) is 34.0 Å². The van der Waals surface area contributed by atoms with E-state index in [1.807, 2.05) is 0 Å². The van der Waals surface area contributed by atoms with E-state index in [-0.39, 0.29) is 24.0 Å². The number of ether oxygens (including phenoxy) is 3. The third-order valence-electron chi connectivity index (χ3n) is 3.66. The Morgan fingerprint density at radius 3 is 2.00 bits per heavy atom. The van der Waals surface area contributed by atoms with Gasteiger partial charge < -0.3 is 24.4 Å². The smallest absolute Gasteiger partial charge is 0.329 e. The van der Waals surface area contributed by atoms with Crippen molar-refractivity contribution in [2.75, 3.05) is 34.9 Å². The highest BCUT2D eigenvalue weighted by Crippen LogP contribution is 2.22. The quantitative estimate of drug-likeness (QED) is 0.692. The minimum absolute atomic E-state index is 0.228. The van der Waals surface area contributed by atoms with E-state index in [0.29, 0.717) is 11.5 Å². The molecule has 2 amide bonds. The minimum Gasteiger partial charge on any atom is -0.497 e. The fourth-order valence-electron chi connectivity index (χ4n) is 2.01. The number of hydrogen-bond donors (Lipinski definition) is 1. The molecule has 1 aromatic carbocycles. The van der Waals surface area contributed by atoms with Crippen LogP contribution in [0.25, 0.3) is 0 Å². The molecule has 0 bridgehead atoms. The first kappa shape index (κ1) is 21.3. The largest absolute Gasteiger partial charge is 0.497 e. The molecule has 144 valence electrons. The highest BCUT2D eigenvalue weighted by Gasteiger charge is 2.27. The predicted molar refractivity (Wildman–Crippen MR) is 95.3 cm³/mol. The van der Waals surface area contributed by atoms with Crippen LogP contribution in [0.4, 0.5) is 0 Å². The highest BCUT2D eigenvalue weighted by molar-refractivity contribution is 5.97. The van der Waals surface area contributed by atoms with Crippen LogP contribution in [0.2, 0.25) is 0 Å². The summed E-state index contributed by atoms with van der Waals surface area (Å²) in [5.74, 6) is -0.808. The number of rotatable bonds is 8. The van der Waals surface area contributed by atoms with Gasteiger partial charge in [-0.15, -0.1) is 0 Å². The predicted octanol–water partition coefficient (Wildman–Crippen LogP) is 1.09. The molecule has 0 aliphatic rings. The van der Waals surface area contributed by atoms with Gasteiger partial charge in [0.25, 0.3) is 11.8 Å². The monoisotopic (exact) mass is 366 g/mol. The SMILES string of the molecule is COc1cc(OC)cc(C(=O)N[C@H](C(=O)OCC(=O)N(C)C)C(C)C)c1. The Hall–Kier alpha value is -2.77. The number of hydrogen-bond acceptors (Lipinski definition) is 6. The van der Waals surface area contributed by atoms with Gasteiger partial charge in [0.05, 0.1) is 14.2 Å². The molecule has 0 unspecified atom stereocenters. The Morgan fingerprint density at radius 2 is 1.58 bits per heavy atom. The van der Waals surface area contributed by atoms with Gasteiger partial charge in [0, 0.05) is 25.7 Å². The van der Waals surface area contributed by atoms with Crippen LogP contribution in [0.15, 0.2) is 18.2 Å². The van der Waals surface area contributed by atoms with Crippen molar-refractivity contribution in [2.24, 2.45) is 5.92 Å². The Labute approximate surface area is 153 Å². The number of carbonyl (C=O) groups excluding carboxylic acids is 3. The third kappa shape index (κ3) is 5.94. The van der Waals surface area contributed by atoms with Crippen molar-refractivity contribution >= 4 is 17.8 Å². The highest BCUT2D eigenvalue weighted by atomic mass is 16.5. The topological polar surface area (TPSA) is 94.2 Å². The first-order chi connectivity index (χ1) is 12.2. The molecule has 8 nitrogen and oxygen atoms in total. The van der Waals surface area contributed by atoms with Crippen LogP contribution in [-0.4, -0.2) is 63.6 Å². The molecule has 0 aliphatic heterocycles. The molecule has 8 heteroatoms. The molecule has 0 spiro atoms. The maximum atomic E-state index is 12.5. The Kier molecular flexibility index (Phi) is 7.89. The Morgan fingerprint density at radius 1 is 1.04 bits per heavy atom. The Bertz CT molecular complexity index is 635. The summed E-state index contributed by atoms with van der Waals surface area (Å²) in [6.45, 7) is 3.16. The molecule has 0 aliphatic carbocycles. The fraction of sp³-hybridized carbons (Fsp3) is 0.500. The van der Waals surface area contributed by atoms with Crippen LogP contribution in [0.3, 0.4) is 0 Å². The van der Waals surface area contributed by atoms with E-state index in [4.69, 9.17) is 14.2 Å². The van der Waals surface area contributed by atoms with Gasteiger partial charge in [0.1, 0.15) is 17.5 Å². The molecule has 1 atom stereocenters. The van der Waals surface area contributed by atoms with Gasteiger partial charge in [-0.2, -0.15) is 0 Å². The number of benzene rings is 1. The first-order valence-corrected chi connectivity index (χ1v) is 8.10. The lowest BCUT2D eigenvalue weighted by atomic mass is 10.0. The summed E-state index contributed by atoms with van der Waals surface area (Å²) >= 11 is 0. The number of carbonyl (C=O) groups is 3. The summed E-state index contributed by atoms with van der Waals surface area (Å²) in [4.78, 5) is 37.7. The maximum absolute atomic E-state index is 12.5. The van der Waals surface area contributed by atoms with Gasteiger partial charge in [0.2, 0.25) is 0 Å². The second-order valence-corrected chi connectivity index (χ2v) is 6.19. The zero-order chi connectivity index (χ0) is 19.9. The van der Waals surface area contributed by atoms with Crippen molar-refractivity contribution in [1.82, 2.24) is 10.2 Å². The maximum Gasteiger partial charge on any atom is 0.329 e. The van der Waals surface area contributed by atoms with Crippen molar-refractivity contribution in [3.05, 3.63) is 23.8 Å². The van der Waals surface area contributed by atoms with Gasteiger partial charge in [-0.05, 0) is 18.1 Å². The van der Waals surface area contributed by atoms with Crippen molar-refractivity contribution < 1.29 is 28.6 Å².